The Morgan fingerprint density at radius 1 is 1.56 bits per heavy atom. The molecule has 0 unspecified atom stereocenters. The predicted molar refractivity (Wildman–Crippen MR) is 68.8 cm³/mol. The highest BCUT2D eigenvalue weighted by Crippen LogP contribution is 2.61. The molecule has 3 rings (SSSR count). The minimum Gasteiger partial charge on any atom is -0.368 e. The van der Waals surface area contributed by atoms with Gasteiger partial charge in [-0.2, -0.15) is 0 Å². The number of rotatable bonds is 5. The average molecular weight is 268 g/mol. The summed E-state index contributed by atoms with van der Waals surface area (Å²) in [6.07, 6.45) is 6.46. The Morgan fingerprint density at radius 2 is 2.28 bits per heavy atom. The lowest BCUT2D eigenvalue weighted by molar-refractivity contribution is -0.385. The number of hydrogen-bond acceptors (Lipinski definition) is 4. The van der Waals surface area contributed by atoms with Gasteiger partial charge in [-0.15, -0.1) is 0 Å². The molecule has 0 bridgehead atoms. The first-order chi connectivity index (χ1) is 8.61. The standard InChI is InChI=1S/C12H14ClN3O2/c13-10-5-9(16(17)18)6-14-11(10)15-7-12(3-4-12)8-1-2-8/h5-6,8H,1-4,7H2,(H,14,15). The summed E-state index contributed by atoms with van der Waals surface area (Å²) >= 11 is 5.99. The van der Waals surface area contributed by atoms with Gasteiger partial charge in [0.05, 0.1) is 9.95 Å². The third-order valence-corrected chi connectivity index (χ3v) is 4.27. The molecule has 6 heteroatoms. The molecule has 0 amide bonds. The Kier molecular flexibility index (Phi) is 2.66. The summed E-state index contributed by atoms with van der Waals surface area (Å²) in [6, 6.07) is 1.34. The Hall–Kier alpha value is -1.36. The maximum absolute atomic E-state index is 10.6. The normalized spacial score (nSPS) is 20.5. The summed E-state index contributed by atoms with van der Waals surface area (Å²) in [5.74, 6) is 1.41. The van der Waals surface area contributed by atoms with E-state index in [4.69, 9.17) is 11.6 Å². The van der Waals surface area contributed by atoms with Crippen LogP contribution >= 0.6 is 11.6 Å². The first-order valence-corrected chi connectivity index (χ1v) is 6.52. The lowest BCUT2D eigenvalue weighted by Crippen LogP contribution is -2.18. The van der Waals surface area contributed by atoms with Gasteiger partial charge in [0, 0.05) is 12.6 Å². The number of nitrogens with zero attached hydrogens (tertiary/aromatic N) is 2. The molecule has 0 aliphatic heterocycles. The summed E-state index contributed by atoms with van der Waals surface area (Å²) < 4.78 is 0. The first-order valence-electron chi connectivity index (χ1n) is 6.14. The summed E-state index contributed by atoms with van der Waals surface area (Å²) in [6.45, 7) is 0.877. The fraction of sp³-hybridized carbons (Fsp3) is 0.583. The molecule has 2 saturated carbocycles. The van der Waals surface area contributed by atoms with Crippen molar-refractivity contribution in [2.45, 2.75) is 25.7 Å². The van der Waals surface area contributed by atoms with Crippen LogP contribution in [-0.4, -0.2) is 16.5 Å². The van der Waals surface area contributed by atoms with Gasteiger partial charge in [-0.05, 0) is 37.0 Å². The molecule has 1 aromatic heterocycles. The van der Waals surface area contributed by atoms with E-state index in [0.29, 0.717) is 16.3 Å². The molecule has 2 aliphatic carbocycles. The van der Waals surface area contributed by atoms with Gasteiger partial charge in [0.15, 0.2) is 0 Å². The number of pyridine rings is 1. The van der Waals surface area contributed by atoms with E-state index in [-0.39, 0.29) is 5.69 Å². The van der Waals surface area contributed by atoms with E-state index in [1.807, 2.05) is 0 Å². The van der Waals surface area contributed by atoms with Crippen molar-refractivity contribution in [3.05, 3.63) is 27.4 Å². The first kappa shape index (κ1) is 11.7. The highest BCUT2D eigenvalue weighted by molar-refractivity contribution is 6.33. The zero-order chi connectivity index (χ0) is 12.8. The molecule has 0 atom stereocenters. The number of nitro groups is 1. The Bertz CT molecular complexity index is 498. The van der Waals surface area contributed by atoms with E-state index in [2.05, 4.69) is 10.3 Å². The van der Waals surface area contributed by atoms with Gasteiger partial charge in [-0.1, -0.05) is 11.6 Å². The molecule has 96 valence electrons. The molecule has 0 aromatic carbocycles. The fourth-order valence-corrected chi connectivity index (χ4v) is 2.73. The van der Waals surface area contributed by atoms with Gasteiger partial charge in [-0.25, -0.2) is 4.98 Å². The van der Waals surface area contributed by atoms with E-state index in [1.54, 1.807) is 0 Å². The zero-order valence-electron chi connectivity index (χ0n) is 9.86. The van der Waals surface area contributed by atoms with Crippen molar-refractivity contribution in [3.63, 3.8) is 0 Å². The molecule has 18 heavy (non-hydrogen) atoms. The predicted octanol–water partition coefficient (Wildman–Crippen LogP) is 3.25. The van der Waals surface area contributed by atoms with Crippen molar-refractivity contribution < 1.29 is 4.92 Å². The van der Waals surface area contributed by atoms with E-state index < -0.39 is 4.92 Å². The van der Waals surface area contributed by atoms with Crippen molar-refractivity contribution in [1.82, 2.24) is 4.98 Å². The highest BCUT2D eigenvalue weighted by Gasteiger charge is 2.53. The van der Waals surface area contributed by atoms with Crippen molar-refractivity contribution in [3.8, 4) is 0 Å². The van der Waals surface area contributed by atoms with Crippen LogP contribution < -0.4 is 5.32 Å². The number of nitrogens with one attached hydrogen (secondary N) is 1. The van der Waals surface area contributed by atoms with Gasteiger partial charge < -0.3 is 5.32 Å². The van der Waals surface area contributed by atoms with E-state index >= 15 is 0 Å². The van der Waals surface area contributed by atoms with Gasteiger partial charge in [-0.3, -0.25) is 10.1 Å². The van der Waals surface area contributed by atoms with Crippen molar-refractivity contribution in [2.24, 2.45) is 11.3 Å². The van der Waals surface area contributed by atoms with E-state index in [1.165, 1.54) is 37.9 Å². The second kappa shape index (κ2) is 4.09. The molecular weight excluding hydrogens is 254 g/mol. The topological polar surface area (TPSA) is 68.1 Å². The largest absolute Gasteiger partial charge is 0.368 e. The summed E-state index contributed by atoms with van der Waals surface area (Å²) in [4.78, 5) is 14.1. The monoisotopic (exact) mass is 267 g/mol. The van der Waals surface area contributed by atoms with Crippen LogP contribution in [0.5, 0.6) is 0 Å². The van der Waals surface area contributed by atoms with Crippen LogP contribution in [0.25, 0.3) is 0 Å². The van der Waals surface area contributed by atoms with Crippen LogP contribution in [0.1, 0.15) is 25.7 Å². The van der Waals surface area contributed by atoms with Crippen LogP contribution in [0, 0.1) is 21.4 Å². The summed E-state index contributed by atoms with van der Waals surface area (Å²) in [5, 5.41) is 14.1. The number of aromatic nitrogens is 1. The molecule has 2 aliphatic rings. The molecule has 1 N–H and O–H groups in total. The van der Waals surface area contributed by atoms with Crippen LogP contribution in [0.3, 0.4) is 0 Å². The SMILES string of the molecule is O=[N+]([O-])c1cnc(NCC2(C3CC3)CC2)c(Cl)c1. The molecule has 1 heterocycles. The molecular formula is C12H14ClN3O2. The fourth-order valence-electron chi connectivity index (χ4n) is 2.50. The molecule has 0 radical (unpaired) electrons. The van der Waals surface area contributed by atoms with E-state index in [0.717, 1.165) is 12.5 Å². The molecule has 0 saturated heterocycles. The zero-order valence-corrected chi connectivity index (χ0v) is 10.6. The van der Waals surface area contributed by atoms with Crippen LogP contribution in [0.2, 0.25) is 5.02 Å². The third-order valence-electron chi connectivity index (χ3n) is 3.98. The lowest BCUT2D eigenvalue weighted by Gasteiger charge is -2.15. The second-order valence-electron chi connectivity index (χ2n) is 5.27. The molecule has 5 nitrogen and oxygen atoms in total. The van der Waals surface area contributed by atoms with Crippen LogP contribution in [-0.2, 0) is 0 Å². The van der Waals surface area contributed by atoms with Gasteiger partial charge in [0.25, 0.3) is 5.69 Å². The minimum absolute atomic E-state index is 0.0751. The Morgan fingerprint density at radius 3 is 2.78 bits per heavy atom. The Labute approximate surface area is 110 Å². The summed E-state index contributed by atoms with van der Waals surface area (Å²) in [7, 11) is 0. The average Bonchev–Trinajstić information content (AvgIpc) is 3.19. The van der Waals surface area contributed by atoms with Crippen molar-refractivity contribution in [1.29, 1.82) is 0 Å². The maximum Gasteiger partial charge on any atom is 0.289 e. The quantitative estimate of drug-likeness (QED) is 0.657. The minimum atomic E-state index is -0.491. The molecule has 2 fully saturated rings. The van der Waals surface area contributed by atoms with Crippen LogP contribution in [0.15, 0.2) is 12.3 Å². The van der Waals surface area contributed by atoms with Gasteiger partial charge >= 0.3 is 0 Å². The number of halogens is 1. The maximum atomic E-state index is 10.6. The van der Waals surface area contributed by atoms with Crippen molar-refractivity contribution in [2.75, 3.05) is 11.9 Å². The molecule has 1 aromatic rings. The number of hydrogen-bond donors (Lipinski definition) is 1. The lowest BCUT2D eigenvalue weighted by atomic mass is 10.0. The van der Waals surface area contributed by atoms with E-state index in [9.17, 15) is 10.1 Å². The van der Waals surface area contributed by atoms with Crippen molar-refractivity contribution >= 4 is 23.1 Å². The molecule has 0 spiro atoms. The van der Waals surface area contributed by atoms with Gasteiger partial charge in [0.2, 0.25) is 0 Å². The number of anilines is 1. The smallest absolute Gasteiger partial charge is 0.289 e. The Balaban J connectivity index is 1.67. The summed E-state index contributed by atoms with van der Waals surface area (Å²) in [5.41, 5.74) is 0.376. The van der Waals surface area contributed by atoms with Crippen LogP contribution in [0.4, 0.5) is 11.5 Å². The highest BCUT2D eigenvalue weighted by atomic mass is 35.5. The second-order valence-corrected chi connectivity index (χ2v) is 5.68. The third kappa shape index (κ3) is 2.14. The van der Waals surface area contributed by atoms with Gasteiger partial charge in [0.1, 0.15) is 12.0 Å².